The Labute approximate surface area is 296 Å². The lowest BCUT2D eigenvalue weighted by atomic mass is 9.93. The fourth-order valence-electron chi connectivity index (χ4n) is 6.07. The first-order valence-corrected chi connectivity index (χ1v) is 17.0. The average molecular weight is 696 g/mol. The summed E-state index contributed by atoms with van der Waals surface area (Å²) in [7, 11) is 6.70. The van der Waals surface area contributed by atoms with Gasteiger partial charge in [-0.05, 0) is 101 Å². The average Bonchev–Trinajstić information content (AvgIpc) is 3.05. The first-order chi connectivity index (χ1) is 23.6. The molecule has 0 saturated carbocycles. The molecular weight excluding hydrogens is 638 g/mol. The van der Waals surface area contributed by atoms with Crippen LogP contribution in [0, 0.1) is 13.8 Å². The van der Waals surface area contributed by atoms with Crippen molar-refractivity contribution in [2.75, 3.05) is 41.3 Å². The van der Waals surface area contributed by atoms with Crippen molar-refractivity contribution in [1.29, 1.82) is 0 Å². The SMILES string of the molecule is Cc1cc(O)cc(C)c1C[C@@H](C(=O)N(C)[C@@H](CCCCN)C(=O)N[C@@H](Cc1ccccc1)C(N)=O)N(C)C(=O)[C@@H](CCCN=C(N)N)N(C)C. The van der Waals surface area contributed by atoms with Gasteiger partial charge in [-0.25, -0.2) is 0 Å². The summed E-state index contributed by atoms with van der Waals surface area (Å²) in [6, 6.07) is 8.81. The van der Waals surface area contributed by atoms with Gasteiger partial charge in [0, 0.05) is 33.5 Å². The number of benzene rings is 2. The smallest absolute Gasteiger partial charge is 0.246 e. The van der Waals surface area contributed by atoms with E-state index in [-0.39, 0.29) is 36.9 Å². The van der Waals surface area contributed by atoms with Crippen LogP contribution in [0.4, 0.5) is 0 Å². The maximum atomic E-state index is 14.6. The number of nitrogens with two attached hydrogens (primary N) is 4. The number of phenols is 1. The third kappa shape index (κ3) is 12.3. The number of guanidine groups is 1. The molecule has 0 aromatic heterocycles. The first kappa shape index (κ1) is 41.5. The van der Waals surface area contributed by atoms with Crippen molar-refractivity contribution in [1.82, 2.24) is 20.0 Å². The van der Waals surface area contributed by atoms with Crippen LogP contribution in [0.2, 0.25) is 0 Å². The number of hydrogen-bond acceptors (Lipinski definition) is 8. The standard InChI is InChI=1S/C36H57N9O5/c1-23-19-26(46)20-24(2)27(23)22-31(45(6)34(49)30(43(3)4)16-12-18-41-36(39)40)35(50)44(5)29(15-10-11-17-37)33(48)42-28(32(38)47)21-25-13-8-7-9-14-25/h7-9,13-14,19-20,28-31,46H,10-12,15-18,21-22,37H2,1-6H3,(H2,38,47)(H,42,48)(H4,39,40,41)/t28-,29-,30+,31-/m0/s1. The molecule has 0 unspecified atom stereocenters. The van der Waals surface area contributed by atoms with Crippen LogP contribution in [-0.4, -0.2) is 115 Å². The molecule has 10 N–H and O–H groups in total. The number of rotatable bonds is 20. The number of nitrogens with zero attached hydrogens (tertiary/aromatic N) is 4. The molecule has 14 heteroatoms. The highest BCUT2D eigenvalue weighted by atomic mass is 16.3. The van der Waals surface area contributed by atoms with Crippen LogP contribution in [0.25, 0.3) is 0 Å². The summed E-state index contributed by atoms with van der Waals surface area (Å²) in [6.07, 6.45) is 2.71. The molecule has 276 valence electrons. The molecule has 0 fully saturated rings. The van der Waals surface area contributed by atoms with Gasteiger partial charge in [0.15, 0.2) is 5.96 Å². The quantitative estimate of drug-likeness (QED) is 0.0644. The van der Waals surface area contributed by atoms with Crippen LogP contribution in [0.1, 0.15) is 54.4 Å². The van der Waals surface area contributed by atoms with E-state index in [1.807, 2.05) is 44.2 Å². The van der Waals surface area contributed by atoms with Gasteiger partial charge < -0.3 is 43.2 Å². The molecule has 0 radical (unpaired) electrons. The summed E-state index contributed by atoms with van der Waals surface area (Å²) in [5.41, 5.74) is 25.5. The van der Waals surface area contributed by atoms with Crippen LogP contribution in [0.3, 0.4) is 0 Å². The number of unbranched alkanes of at least 4 members (excludes halogenated alkanes) is 1. The van der Waals surface area contributed by atoms with Crippen LogP contribution >= 0.6 is 0 Å². The molecule has 0 saturated heterocycles. The van der Waals surface area contributed by atoms with Crippen LogP contribution in [0.5, 0.6) is 5.75 Å². The number of phenolic OH excluding ortho intramolecular Hbond substituents is 1. The zero-order valence-corrected chi connectivity index (χ0v) is 30.4. The molecule has 2 aromatic rings. The predicted molar refractivity (Wildman–Crippen MR) is 196 cm³/mol. The zero-order chi connectivity index (χ0) is 37.5. The Bertz CT molecular complexity index is 1440. The Morgan fingerprint density at radius 1 is 0.800 bits per heavy atom. The Morgan fingerprint density at radius 2 is 1.36 bits per heavy atom. The number of carbonyl (C=O) groups is 4. The molecule has 0 heterocycles. The van der Waals surface area contributed by atoms with E-state index in [9.17, 15) is 24.3 Å². The van der Waals surface area contributed by atoms with E-state index in [2.05, 4.69) is 10.3 Å². The van der Waals surface area contributed by atoms with E-state index in [4.69, 9.17) is 22.9 Å². The first-order valence-electron chi connectivity index (χ1n) is 17.0. The normalized spacial score (nSPS) is 13.5. The van der Waals surface area contributed by atoms with Gasteiger partial charge in [-0.3, -0.25) is 29.1 Å². The molecule has 4 atom stereocenters. The molecule has 2 rings (SSSR count). The molecule has 0 bridgehead atoms. The lowest BCUT2D eigenvalue weighted by Crippen LogP contribution is -2.59. The maximum absolute atomic E-state index is 14.6. The van der Waals surface area contributed by atoms with Crippen LogP contribution in [-0.2, 0) is 32.0 Å². The maximum Gasteiger partial charge on any atom is 0.246 e. The Morgan fingerprint density at radius 3 is 1.90 bits per heavy atom. The van der Waals surface area contributed by atoms with Gasteiger partial charge in [-0.15, -0.1) is 0 Å². The Kier molecular flexibility index (Phi) is 16.7. The minimum Gasteiger partial charge on any atom is -0.508 e. The number of likely N-dealkylation sites (N-methyl/N-ethyl adjacent to an activating group) is 3. The van der Waals surface area contributed by atoms with E-state index in [0.717, 1.165) is 22.3 Å². The van der Waals surface area contributed by atoms with E-state index in [1.54, 1.807) is 38.2 Å². The molecule has 0 spiro atoms. The number of primary amides is 1. The summed E-state index contributed by atoms with van der Waals surface area (Å²) < 4.78 is 0. The molecule has 0 aliphatic carbocycles. The number of nitrogens with one attached hydrogen (secondary N) is 1. The highest BCUT2D eigenvalue weighted by molar-refractivity contribution is 5.94. The second-order valence-corrected chi connectivity index (χ2v) is 13.1. The Balaban J connectivity index is 2.51. The van der Waals surface area contributed by atoms with Crippen molar-refractivity contribution in [2.45, 2.75) is 83.0 Å². The van der Waals surface area contributed by atoms with Gasteiger partial charge in [0.05, 0.1) is 6.04 Å². The Hall–Kier alpha value is -4.69. The molecule has 50 heavy (non-hydrogen) atoms. The van der Waals surface area contributed by atoms with Crippen LogP contribution in [0.15, 0.2) is 47.5 Å². The van der Waals surface area contributed by atoms with E-state index >= 15 is 0 Å². The zero-order valence-electron chi connectivity index (χ0n) is 30.4. The minimum atomic E-state index is -1.02. The van der Waals surface area contributed by atoms with Gasteiger partial charge in [-0.2, -0.15) is 0 Å². The molecule has 14 nitrogen and oxygen atoms in total. The van der Waals surface area contributed by atoms with E-state index < -0.39 is 41.9 Å². The molecular formula is C36H57N9O5. The van der Waals surface area contributed by atoms with E-state index in [1.165, 1.54) is 16.8 Å². The van der Waals surface area contributed by atoms with Crippen LogP contribution < -0.4 is 28.3 Å². The van der Waals surface area contributed by atoms with E-state index in [0.29, 0.717) is 38.8 Å². The summed E-state index contributed by atoms with van der Waals surface area (Å²) in [4.78, 5) is 63.8. The number of aryl methyl sites for hydroxylation is 2. The van der Waals surface area contributed by atoms with Gasteiger partial charge in [0.1, 0.15) is 23.9 Å². The number of aromatic hydroxyl groups is 1. The predicted octanol–water partition coefficient (Wildman–Crippen LogP) is 0.531. The summed E-state index contributed by atoms with van der Waals surface area (Å²) in [6.45, 7) is 4.41. The largest absolute Gasteiger partial charge is 0.508 e. The van der Waals surface area contributed by atoms with Crippen molar-refractivity contribution in [2.24, 2.45) is 27.9 Å². The second-order valence-electron chi connectivity index (χ2n) is 13.1. The number of aliphatic imine (C=N–C) groups is 1. The monoisotopic (exact) mass is 695 g/mol. The number of hydrogen-bond donors (Lipinski definition) is 6. The summed E-state index contributed by atoms with van der Waals surface area (Å²) in [5, 5.41) is 13.0. The number of carbonyl (C=O) groups excluding carboxylic acids is 4. The lowest BCUT2D eigenvalue weighted by Gasteiger charge is -2.37. The fourth-order valence-corrected chi connectivity index (χ4v) is 6.07. The number of amides is 4. The van der Waals surface area contributed by atoms with Crippen molar-refractivity contribution in [3.05, 3.63) is 64.7 Å². The summed E-state index contributed by atoms with van der Waals surface area (Å²) in [5.74, 6) is -1.92. The van der Waals surface area contributed by atoms with Gasteiger partial charge in [0.2, 0.25) is 23.6 Å². The second kappa shape index (κ2) is 20.1. The molecule has 2 aromatic carbocycles. The highest BCUT2D eigenvalue weighted by Gasteiger charge is 2.38. The molecule has 0 aliphatic heterocycles. The van der Waals surface area contributed by atoms with Gasteiger partial charge in [0.25, 0.3) is 0 Å². The highest BCUT2D eigenvalue weighted by Crippen LogP contribution is 2.25. The third-order valence-electron chi connectivity index (χ3n) is 9.01. The van der Waals surface area contributed by atoms with Gasteiger partial charge in [-0.1, -0.05) is 30.3 Å². The molecule has 0 aliphatic rings. The molecule has 4 amide bonds. The van der Waals surface area contributed by atoms with Crippen molar-refractivity contribution >= 4 is 29.6 Å². The fraction of sp³-hybridized carbons (Fsp3) is 0.528. The van der Waals surface area contributed by atoms with Crippen molar-refractivity contribution < 1.29 is 24.3 Å². The topological polar surface area (TPSA) is 227 Å². The third-order valence-corrected chi connectivity index (χ3v) is 9.01. The van der Waals surface area contributed by atoms with Crippen molar-refractivity contribution in [3.8, 4) is 5.75 Å². The van der Waals surface area contributed by atoms with Gasteiger partial charge >= 0.3 is 0 Å². The lowest BCUT2D eigenvalue weighted by molar-refractivity contribution is -0.149. The van der Waals surface area contributed by atoms with Crippen molar-refractivity contribution in [3.63, 3.8) is 0 Å². The minimum absolute atomic E-state index is 0.0320. The summed E-state index contributed by atoms with van der Waals surface area (Å²) >= 11 is 0.